The molecule has 0 radical (unpaired) electrons. The number of hydrogen-bond acceptors (Lipinski definition) is 2. The van der Waals surface area contributed by atoms with Gasteiger partial charge in [-0.05, 0) is 26.7 Å². The van der Waals surface area contributed by atoms with E-state index in [9.17, 15) is 9.90 Å². The average Bonchev–Trinajstić information content (AvgIpc) is 1.98. The summed E-state index contributed by atoms with van der Waals surface area (Å²) in [5, 5.41) is 9.74. The Morgan fingerprint density at radius 3 is 2.07 bits per heavy atom. The summed E-state index contributed by atoms with van der Waals surface area (Å²) in [4.78, 5) is 13.8. The molecule has 15 heavy (non-hydrogen) atoms. The normalized spacial score (nSPS) is 12.7. The molecule has 0 aliphatic carbocycles. The van der Waals surface area contributed by atoms with Crippen molar-refractivity contribution in [2.24, 2.45) is 5.41 Å². The maximum atomic E-state index is 12.0. The van der Waals surface area contributed by atoms with Crippen molar-refractivity contribution in [3.05, 3.63) is 0 Å². The van der Waals surface area contributed by atoms with Crippen molar-refractivity contribution in [2.45, 2.75) is 53.1 Å². The Balaban J connectivity index is 4.51. The van der Waals surface area contributed by atoms with Gasteiger partial charge < -0.3 is 10.0 Å². The fourth-order valence-corrected chi connectivity index (χ4v) is 2.11. The van der Waals surface area contributed by atoms with E-state index in [0.29, 0.717) is 6.42 Å². The number of nitrogens with zero attached hydrogens (tertiary/aromatic N) is 1. The molecule has 1 N–H and O–H groups in total. The highest BCUT2D eigenvalue weighted by molar-refractivity contribution is 5.81. The molecular formula is C12H25NO2. The minimum absolute atomic E-state index is 0.103. The second-order valence-electron chi connectivity index (χ2n) is 5.60. The van der Waals surface area contributed by atoms with Gasteiger partial charge in [0.2, 0.25) is 5.91 Å². The first-order valence-corrected chi connectivity index (χ1v) is 5.58. The summed E-state index contributed by atoms with van der Waals surface area (Å²) in [6.45, 7) is 10.1. The first kappa shape index (κ1) is 14.4. The molecule has 1 amide bonds. The van der Waals surface area contributed by atoms with Gasteiger partial charge in [-0.3, -0.25) is 4.79 Å². The lowest BCUT2D eigenvalue weighted by Gasteiger charge is -2.33. The van der Waals surface area contributed by atoms with Crippen molar-refractivity contribution >= 4 is 5.91 Å². The molecule has 0 bridgehead atoms. The van der Waals surface area contributed by atoms with Crippen LogP contribution in [0.15, 0.2) is 0 Å². The number of hydrogen-bond donors (Lipinski definition) is 1. The minimum Gasteiger partial charge on any atom is -0.390 e. The number of carbonyl (C=O) groups is 1. The molecule has 0 aliphatic heterocycles. The molecule has 0 spiro atoms. The smallest absolute Gasteiger partial charge is 0.228 e. The molecule has 0 aliphatic rings. The van der Waals surface area contributed by atoms with Crippen LogP contribution in [0.5, 0.6) is 0 Å². The molecule has 0 fully saturated rings. The van der Waals surface area contributed by atoms with Gasteiger partial charge in [0.15, 0.2) is 0 Å². The monoisotopic (exact) mass is 215 g/mol. The summed E-state index contributed by atoms with van der Waals surface area (Å²) in [5.41, 5.74) is -1.30. The Labute approximate surface area is 93.5 Å². The lowest BCUT2D eigenvalue weighted by Crippen LogP contribution is -2.42. The van der Waals surface area contributed by atoms with Gasteiger partial charge in [0.1, 0.15) is 0 Å². The number of rotatable bonds is 5. The van der Waals surface area contributed by atoms with Crippen LogP contribution in [-0.2, 0) is 4.79 Å². The zero-order valence-electron chi connectivity index (χ0n) is 10.9. The second-order valence-corrected chi connectivity index (χ2v) is 5.60. The highest BCUT2D eigenvalue weighted by Gasteiger charge is 2.35. The summed E-state index contributed by atoms with van der Waals surface area (Å²) >= 11 is 0. The van der Waals surface area contributed by atoms with Crippen molar-refractivity contribution in [3.8, 4) is 0 Å². The highest BCUT2D eigenvalue weighted by Crippen LogP contribution is 2.29. The van der Waals surface area contributed by atoms with Crippen LogP contribution >= 0.6 is 0 Å². The van der Waals surface area contributed by atoms with Crippen molar-refractivity contribution in [3.63, 3.8) is 0 Å². The van der Waals surface area contributed by atoms with Crippen LogP contribution in [0.25, 0.3) is 0 Å². The maximum absolute atomic E-state index is 12.0. The van der Waals surface area contributed by atoms with E-state index in [1.165, 1.54) is 0 Å². The van der Waals surface area contributed by atoms with Crippen LogP contribution in [0.2, 0.25) is 0 Å². The van der Waals surface area contributed by atoms with Gasteiger partial charge in [-0.2, -0.15) is 0 Å². The molecule has 0 unspecified atom stereocenters. The molecule has 0 aromatic heterocycles. The number of aliphatic hydroxyl groups is 1. The van der Waals surface area contributed by atoms with Crippen LogP contribution in [0, 0.1) is 5.41 Å². The lowest BCUT2D eigenvalue weighted by molar-refractivity contribution is -0.142. The number of carbonyl (C=O) groups excluding carboxylic acids is 1. The molecule has 0 rings (SSSR count). The predicted molar refractivity (Wildman–Crippen MR) is 62.6 cm³/mol. The number of amides is 1. The van der Waals surface area contributed by atoms with Crippen molar-refractivity contribution < 1.29 is 9.90 Å². The average molecular weight is 215 g/mol. The van der Waals surface area contributed by atoms with E-state index in [1.54, 1.807) is 18.7 Å². The topological polar surface area (TPSA) is 40.5 Å². The van der Waals surface area contributed by atoms with E-state index in [1.807, 2.05) is 27.8 Å². The first-order chi connectivity index (χ1) is 6.60. The molecule has 0 saturated heterocycles. The Kier molecular flexibility index (Phi) is 4.78. The van der Waals surface area contributed by atoms with E-state index in [2.05, 4.69) is 0 Å². The molecule has 90 valence electrons. The van der Waals surface area contributed by atoms with Gasteiger partial charge in [0.05, 0.1) is 5.60 Å². The summed E-state index contributed by atoms with van der Waals surface area (Å²) in [6, 6.07) is 0. The fourth-order valence-electron chi connectivity index (χ4n) is 2.11. The Hall–Kier alpha value is -0.570. The van der Waals surface area contributed by atoms with Gasteiger partial charge >= 0.3 is 0 Å². The molecule has 3 nitrogen and oxygen atoms in total. The summed E-state index contributed by atoms with van der Waals surface area (Å²) < 4.78 is 0. The van der Waals surface area contributed by atoms with Gasteiger partial charge in [-0.25, -0.2) is 0 Å². The van der Waals surface area contributed by atoms with Gasteiger partial charge in [0.25, 0.3) is 0 Å². The zero-order valence-corrected chi connectivity index (χ0v) is 10.9. The first-order valence-electron chi connectivity index (χ1n) is 5.58. The van der Waals surface area contributed by atoms with Gasteiger partial charge in [-0.15, -0.1) is 0 Å². The SMILES string of the molecule is CCCN(C)C(=O)C(C)(C)CC(C)(C)O. The molecule has 0 heterocycles. The minimum atomic E-state index is -0.799. The maximum Gasteiger partial charge on any atom is 0.228 e. The molecule has 0 aromatic rings. The molecule has 0 saturated carbocycles. The standard InChI is InChI=1S/C12H25NO2/c1-7-8-13(6)10(14)11(2,3)9-12(4,5)15/h15H,7-9H2,1-6H3. The molecular weight excluding hydrogens is 190 g/mol. The quantitative estimate of drug-likeness (QED) is 0.762. The third kappa shape index (κ3) is 5.17. The zero-order chi connectivity index (χ0) is 12.3. The third-order valence-corrected chi connectivity index (χ3v) is 2.36. The van der Waals surface area contributed by atoms with Crippen LogP contribution in [0.4, 0.5) is 0 Å². The lowest BCUT2D eigenvalue weighted by atomic mass is 9.80. The third-order valence-electron chi connectivity index (χ3n) is 2.36. The molecule has 3 heteroatoms. The van der Waals surface area contributed by atoms with Crippen LogP contribution in [-0.4, -0.2) is 35.1 Å². The van der Waals surface area contributed by atoms with Gasteiger partial charge in [0, 0.05) is 19.0 Å². The van der Waals surface area contributed by atoms with Crippen LogP contribution in [0.3, 0.4) is 0 Å². The van der Waals surface area contributed by atoms with E-state index in [4.69, 9.17) is 0 Å². The molecule has 0 aromatic carbocycles. The van der Waals surface area contributed by atoms with Crippen molar-refractivity contribution in [2.75, 3.05) is 13.6 Å². The van der Waals surface area contributed by atoms with Crippen molar-refractivity contribution in [1.82, 2.24) is 4.90 Å². The Morgan fingerprint density at radius 2 is 1.73 bits per heavy atom. The fraction of sp³-hybridized carbons (Fsp3) is 0.917. The van der Waals surface area contributed by atoms with Crippen molar-refractivity contribution in [1.29, 1.82) is 0 Å². The van der Waals surface area contributed by atoms with E-state index in [-0.39, 0.29) is 5.91 Å². The van der Waals surface area contributed by atoms with E-state index in [0.717, 1.165) is 13.0 Å². The summed E-state index contributed by atoms with van der Waals surface area (Å²) in [7, 11) is 1.82. The molecule has 0 atom stereocenters. The van der Waals surface area contributed by atoms with Gasteiger partial charge in [-0.1, -0.05) is 20.8 Å². The largest absolute Gasteiger partial charge is 0.390 e. The van der Waals surface area contributed by atoms with Crippen LogP contribution in [0.1, 0.15) is 47.5 Å². The summed E-state index contributed by atoms with van der Waals surface area (Å²) in [5.74, 6) is 0.103. The van der Waals surface area contributed by atoms with E-state index >= 15 is 0 Å². The highest BCUT2D eigenvalue weighted by atomic mass is 16.3. The second kappa shape index (κ2) is 4.97. The van der Waals surface area contributed by atoms with Crippen LogP contribution < -0.4 is 0 Å². The Bertz CT molecular complexity index is 216. The Morgan fingerprint density at radius 1 is 1.27 bits per heavy atom. The predicted octanol–water partition coefficient (Wildman–Crippen LogP) is 2.04. The summed E-state index contributed by atoms with van der Waals surface area (Å²) in [6.07, 6.45) is 1.44. The van der Waals surface area contributed by atoms with E-state index < -0.39 is 11.0 Å².